The first-order chi connectivity index (χ1) is 13.8. The van der Waals surface area contributed by atoms with Gasteiger partial charge in [-0.25, -0.2) is 8.42 Å². The number of hydrogen-bond acceptors (Lipinski definition) is 5. The molecule has 0 atom stereocenters. The summed E-state index contributed by atoms with van der Waals surface area (Å²) in [6.45, 7) is 2.55. The smallest absolute Gasteiger partial charge is 0.255 e. The number of carbonyl (C=O) groups is 2. The summed E-state index contributed by atoms with van der Waals surface area (Å²) in [5, 5.41) is 11.6. The molecular formula is C20H20N4O4S. The van der Waals surface area contributed by atoms with Crippen LogP contribution in [-0.2, 0) is 14.8 Å². The van der Waals surface area contributed by atoms with Crippen LogP contribution in [0.15, 0.2) is 53.4 Å². The molecule has 2 aromatic carbocycles. The molecule has 29 heavy (non-hydrogen) atoms. The van der Waals surface area contributed by atoms with Crippen molar-refractivity contribution in [1.29, 1.82) is 5.26 Å². The molecular weight excluding hydrogens is 392 g/mol. The van der Waals surface area contributed by atoms with E-state index in [1.54, 1.807) is 23.1 Å². The molecule has 1 aliphatic heterocycles. The lowest BCUT2D eigenvalue weighted by Gasteiger charge is -2.33. The summed E-state index contributed by atoms with van der Waals surface area (Å²) in [4.78, 5) is 25.6. The average Bonchev–Trinajstić information content (AvgIpc) is 2.74. The van der Waals surface area contributed by atoms with Crippen molar-refractivity contribution in [2.45, 2.75) is 11.8 Å². The van der Waals surface area contributed by atoms with Gasteiger partial charge in [0.2, 0.25) is 15.9 Å². The third kappa shape index (κ3) is 4.62. The van der Waals surface area contributed by atoms with Crippen molar-refractivity contribution in [3.05, 3.63) is 59.7 Å². The molecule has 0 saturated carbocycles. The third-order valence-electron chi connectivity index (χ3n) is 4.67. The fourth-order valence-electron chi connectivity index (χ4n) is 3.06. The Kier molecular flexibility index (Phi) is 5.96. The minimum atomic E-state index is -3.78. The van der Waals surface area contributed by atoms with E-state index in [0.29, 0.717) is 24.3 Å². The van der Waals surface area contributed by atoms with Crippen LogP contribution in [0.3, 0.4) is 0 Å². The Hall–Kier alpha value is -3.22. The first-order valence-corrected chi connectivity index (χ1v) is 10.4. The number of anilines is 1. The number of piperazine rings is 1. The highest BCUT2D eigenvalue weighted by molar-refractivity contribution is 7.89. The molecule has 2 aromatic rings. The number of nitriles is 1. The van der Waals surface area contributed by atoms with Crippen LogP contribution in [0.5, 0.6) is 0 Å². The molecule has 3 rings (SSSR count). The molecule has 9 heteroatoms. The molecule has 0 spiro atoms. The second-order valence-corrected chi connectivity index (χ2v) is 8.52. The van der Waals surface area contributed by atoms with Gasteiger partial charge in [-0.1, -0.05) is 12.1 Å². The Morgan fingerprint density at radius 1 is 1.03 bits per heavy atom. The van der Waals surface area contributed by atoms with Gasteiger partial charge in [-0.05, 0) is 36.4 Å². The van der Waals surface area contributed by atoms with Crippen LogP contribution in [0, 0.1) is 11.3 Å². The highest BCUT2D eigenvalue weighted by Crippen LogP contribution is 2.20. The number of carbonyl (C=O) groups excluding carboxylic acids is 2. The van der Waals surface area contributed by atoms with Crippen molar-refractivity contribution >= 4 is 27.5 Å². The highest BCUT2D eigenvalue weighted by Gasteiger charge is 2.29. The predicted octanol–water partition coefficient (Wildman–Crippen LogP) is 1.66. The number of benzene rings is 2. The number of amides is 2. The summed E-state index contributed by atoms with van der Waals surface area (Å²) >= 11 is 0. The first-order valence-electron chi connectivity index (χ1n) is 8.98. The fourth-order valence-corrected chi connectivity index (χ4v) is 4.53. The van der Waals surface area contributed by atoms with E-state index in [9.17, 15) is 18.0 Å². The van der Waals surface area contributed by atoms with Gasteiger partial charge in [0.1, 0.15) is 0 Å². The predicted molar refractivity (Wildman–Crippen MR) is 107 cm³/mol. The number of rotatable bonds is 4. The van der Waals surface area contributed by atoms with E-state index < -0.39 is 15.9 Å². The highest BCUT2D eigenvalue weighted by atomic mass is 32.2. The molecule has 0 unspecified atom stereocenters. The van der Waals surface area contributed by atoms with Gasteiger partial charge in [-0.2, -0.15) is 9.57 Å². The Labute approximate surface area is 169 Å². The summed E-state index contributed by atoms with van der Waals surface area (Å²) in [7, 11) is -3.78. The maximum absolute atomic E-state index is 12.9. The zero-order valence-electron chi connectivity index (χ0n) is 15.8. The van der Waals surface area contributed by atoms with E-state index in [1.165, 1.54) is 41.6 Å². The Bertz CT molecular complexity index is 1080. The van der Waals surface area contributed by atoms with Crippen molar-refractivity contribution in [2.75, 3.05) is 31.5 Å². The van der Waals surface area contributed by atoms with Crippen LogP contribution in [0.25, 0.3) is 0 Å². The SMILES string of the molecule is CC(=O)N1CCN(S(=O)(=O)c2cccc(C(=O)Nc3cccc(C#N)c3)c2)CC1. The van der Waals surface area contributed by atoms with E-state index in [4.69, 9.17) is 5.26 Å². The quantitative estimate of drug-likeness (QED) is 0.821. The largest absolute Gasteiger partial charge is 0.340 e. The van der Waals surface area contributed by atoms with Crippen LogP contribution in [0.1, 0.15) is 22.8 Å². The summed E-state index contributed by atoms with van der Waals surface area (Å²) in [5.41, 5.74) is 1.04. The molecule has 1 N–H and O–H groups in total. The number of nitrogens with one attached hydrogen (secondary N) is 1. The summed E-state index contributed by atoms with van der Waals surface area (Å²) in [6, 6.07) is 14.3. The number of sulfonamides is 1. The van der Waals surface area contributed by atoms with E-state index >= 15 is 0 Å². The minimum absolute atomic E-state index is 0.0206. The van der Waals surface area contributed by atoms with Crippen molar-refractivity contribution < 1.29 is 18.0 Å². The molecule has 8 nitrogen and oxygen atoms in total. The normalized spacial score (nSPS) is 14.8. The molecule has 0 aliphatic carbocycles. The molecule has 1 fully saturated rings. The lowest BCUT2D eigenvalue weighted by atomic mass is 10.2. The van der Waals surface area contributed by atoms with E-state index in [-0.39, 0.29) is 29.5 Å². The van der Waals surface area contributed by atoms with Gasteiger partial charge in [0.15, 0.2) is 0 Å². The third-order valence-corrected chi connectivity index (χ3v) is 6.56. The molecule has 0 aromatic heterocycles. The fraction of sp³-hybridized carbons (Fsp3) is 0.250. The van der Waals surface area contributed by atoms with Crippen LogP contribution in [0.2, 0.25) is 0 Å². The Morgan fingerprint density at radius 2 is 1.72 bits per heavy atom. The monoisotopic (exact) mass is 412 g/mol. The number of hydrogen-bond donors (Lipinski definition) is 1. The van der Waals surface area contributed by atoms with Gasteiger partial charge in [0.05, 0.1) is 16.5 Å². The zero-order chi connectivity index (χ0) is 21.0. The van der Waals surface area contributed by atoms with E-state index in [2.05, 4.69) is 5.32 Å². The van der Waals surface area contributed by atoms with Crippen LogP contribution in [-0.4, -0.2) is 55.6 Å². The zero-order valence-corrected chi connectivity index (χ0v) is 16.6. The summed E-state index contributed by atoms with van der Waals surface area (Å²) in [5.74, 6) is -0.556. The molecule has 1 saturated heterocycles. The molecule has 150 valence electrons. The molecule has 2 amide bonds. The maximum atomic E-state index is 12.9. The topological polar surface area (TPSA) is 111 Å². The standard InChI is InChI=1S/C20H20N4O4S/c1-15(25)23-8-10-24(11-9-23)29(27,28)19-7-3-5-17(13-19)20(26)22-18-6-2-4-16(12-18)14-21/h2-7,12-13H,8-11H2,1H3,(H,22,26). The Morgan fingerprint density at radius 3 is 2.38 bits per heavy atom. The van der Waals surface area contributed by atoms with Crippen molar-refractivity contribution in [1.82, 2.24) is 9.21 Å². The van der Waals surface area contributed by atoms with Crippen molar-refractivity contribution in [3.63, 3.8) is 0 Å². The molecule has 0 bridgehead atoms. The summed E-state index contributed by atoms with van der Waals surface area (Å²) in [6.07, 6.45) is 0. The molecule has 0 radical (unpaired) electrons. The second-order valence-electron chi connectivity index (χ2n) is 6.58. The minimum Gasteiger partial charge on any atom is -0.340 e. The van der Waals surface area contributed by atoms with Gasteiger partial charge in [-0.15, -0.1) is 0 Å². The van der Waals surface area contributed by atoms with Crippen molar-refractivity contribution in [2.24, 2.45) is 0 Å². The first kappa shape index (κ1) is 20.5. The lowest BCUT2D eigenvalue weighted by Crippen LogP contribution is -2.49. The van der Waals surface area contributed by atoms with Gasteiger partial charge in [0.25, 0.3) is 5.91 Å². The van der Waals surface area contributed by atoms with E-state index in [0.717, 1.165) is 0 Å². The summed E-state index contributed by atoms with van der Waals surface area (Å²) < 4.78 is 27.2. The maximum Gasteiger partial charge on any atom is 0.255 e. The van der Waals surface area contributed by atoms with Gasteiger partial charge in [-0.3, -0.25) is 9.59 Å². The second kappa shape index (κ2) is 8.43. The van der Waals surface area contributed by atoms with Gasteiger partial charge >= 0.3 is 0 Å². The Balaban J connectivity index is 1.77. The lowest BCUT2D eigenvalue weighted by molar-refractivity contribution is -0.129. The van der Waals surface area contributed by atoms with Crippen LogP contribution < -0.4 is 5.32 Å². The number of nitrogens with zero attached hydrogens (tertiary/aromatic N) is 3. The van der Waals surface area contributed by atoms with Crippen LogP contribution in [0.4, 0.5) is 5.69 Å². The van der Waals surface area contributed by atoms with Gasteiger partial charge < -0.3 is 10.2 Å². The van der Waals surface area contributed by atoms with Crippen molar-refractivity contribution in [3.8, 4) is 6.07 Å². The van der Waals surface area contributed by atoms with Gasteiger partial charge in [0, 0.05) is 44.4 Å². The van der Waals surface area contributed by atoms with E-state index in [1.807, 2.05) is 6.07 Å². The molecule has 1 aliphatic rings. The van der Waals surface area contributed by atoms with Crippen LogP contribution >= 0.6 is 0 Å². The average molecular weight is 412 g/mol. The molecule has 1 heterocycles.